The Labute approximate surface area is 126 Å². The lowest BCUT2D eigenvalue weighted by atomic mass is 9.80. The number of fused-ring (bicyclic) bond motifs is 1. The van der Waals surface area contributed by atoms with Crippen LogP contribution in [0.15, 0.2) is 12.3 Å². The number of aryl methyl sites for hydroxylation is 2. The van der Waals surface area contributed by atoms with E-state index in [1.165, 1.54) is 11.3 Å². The largest absolute Gasteiger partial charge is 0.496 e. The highest BCUT2D eigenvalue weighted by atomic mass is 16.7. The predicted molar refractivity (Wildman–Crippen MR) is 85.9 cm³/mol. The van der Waals surface area contributed by atoms with Gasteiger partial charge in [-0.2, -0.15) is 0 Å². The van der Waals surface area contributed by atoms with E-state index >= 15 is 0 Å². The molecule has 3 rings (SSSR count). The third-order valence-electron chi connectivity index (χ3n) is 5.18. The third kappa shape index (κ3) is 2.02. The van der Waals surface area contributed by atoms with Crippen LogP contribution in [0.5, 0.6) is 0 Å². The van der Waals surface area contributed by atoms with E-state index in [1.807, 2.05) is 6.20 Å². The van der Waals surface area contributed by atoms with E-state index in [0.717, 1.165) is 16.5 Å². The summed E-state index contributed by atoms with van der Waals surface area (Å²) in [6, 6.07) is 2.13. The molecule has 1 fully saturated rings. The molecular formula is C16H23BN2O2. The van der Waals surface area contributed by atoms with E-state index in [9.17, 15) is 0 Å². The van der Waals surface area contributed by atoms with Crippen LogP contribution in [0.1, 0.15) is 39.0 Å². The Morgan fingerprint density at radius 1 is 1.10 bits per heavy atom. The van der Waals surface area contributed by atoms with Crippen LogP contribution in [0.4, 0.5) is 0 Å². The number of pyridine rings is 1. The van der Waals surface area contributed by atoms with Crippen molar-refractivity contribution in [2.45, 2.75) is 52.7 Å². The van der Waals surface area contributed by atoms with Crippen LogP contribution in [-0.2, 0) is 16.4 Å². The maximum absolute atomic E-state index is 6.10. The highest BCUT2D eigenvalue weighted by Gasteiger charge is 2.51. The molecule has 0 saturated carbocycles. The van der Waals surface area contributed by atoms with Crippen LogP contribution < -0.4 is 5.46 Å². The molecule has 0 radical (unpaired) electrons. The molecule has 1 aliphatic heterocycles. The van der Waals surface area contributed by atoms with E-state index in [-0.39, 0.29) is 18.3 Å². The lowest BCUT2D eigenvalue weighted by Crippen LogP contribution is -2.41. The second-order valence-corrected chi connectivity index (χ2v) is 6.99. The Kier molecular flexibility index (Phi) is 3.02. The van der Waals surface area contributed by atoms with Gasteiger partial charge in [-0.05, 0) is 53.2 Å². The van der Waals surface area contributed by atoms with Crippen molar-refractivity contribution in [3.8, 4) is 0 Å². The summed E-state index contributed by atoms with van der Waals surface area (Å²) >= 11 is 0. The zero-order chi connectivity index (χ0) is 15.6. The standard InChI is InChI=1S/C16H23BN2O2/c1-10-11(2)19(7)13-8-12(9-18-14(10)13)17-20-15(3,4)16(5,6)21-17/h8-9H,1-7H3. The van der Waals surface area contributed by atoms with E-state index in [1.54, 1.807) is 0 Å². The van der Waals surface area contributed by atoms with E-state index < -0.39 is 0 Å². The fraction of sp³-hybridized carbons (Fsp3) is 0.562. The lowest BCUT2D eigenvalue weighted by molar-refractivity contribution is 0.00578. The van der Waals surface area contributed by atoms with Crippen molar-refractivity contribution < 1.29 is 9.31 Å². The smallest absolute Gasteiger partial charge is 0.399 e. The van der Waals surface area contributed by atoms with Gasteiger partial charge in [0.1, 0.15) is 0 Å². The van der Waals surface area contributed by atoms with Gasteiger partial charge in [0.25, 0.3) is 0 Å². The Bertz CT molecular complexity index is 703. The maximum Gasteiger partial charge on any atom is 0.496 e. The van der Waals surface area contributed by atoms with Gasteiger partial charge in [0, 0.05) is 24.4 Å². The quantitative estimate of drug-likeness (QED) is 0.756. The van der Waals surface area contributed by atoms with E-state index in [2.05, 4.69) is 64.2 Å². The Balaban J connectivity index is 2.06. The highest BCUT2D eigenvalue weighted by Crippen LogP contribution is 2.36. The minimum absolute atomic E-state index is 0.327. The summed E-state index contributed by atoms with van der Waals surface area (Å²) in [6.07, 6.45) is 1.87. The fourth-order valence-corrected chi connectivity index (χ4v) is 2.72. The average molecular weight is 286 g/mol. The first kappa shape index (κ1) is 14.6. The summed E-state index contributed by atoms with van der Waals surface area (Å²) < 4.78 is 14.4. The predicted octanol–water partition coefficient (Wildman–Crippen LogP) is 2.49. The van der Waals surface area contributed by atoms with Crippen molar-refractivity contribution >= 4 is 23.6 Å². The van der Waals surface area contributed by atoms with Crippen LogP contribution in [0.3, 0.4) is 0 Å². The minimum Gasteiger partial charge on any atom is -0.399 e. The SMILES string of the molecule is Cc1c(C)n(C)c2cc(B3OC(C)(C)C(C)(C)O3)cnc12. The van der Waals surface area contributed by atoms with Crippen LogP contribution in [-0.4, -0.2) is 27.9 Å². The van der Waals surface area contributed by atoms with E-state index in [4.69, 9.17) is 9.31 Å². The molecule has 112 valence electrons. The number of aromatic nitrogens is 2. The molecule has 0 atom stereocenters. The minimum atomic E-state index is -0.359. The van der Waals surface area contributed by atoms with Gasteiger partial charge in [0.05, 0.1) is 22.2 Å². The van der Waals surface area contributed by atoms with Crippen LogP contribution in [0.25, 0.3) is 11.0 Å². The molecule has 4 nitrogen and oxygen atoms in total. The van der Waals surface area contributed by atoms with Crippen molar-refractivity contribution in [2.75, 3.05) is 0 Å². The summed E-state index contributed by atoms with van der Waals surface area (Å²) in [5.74, 6) is 0. The Morgan fingerprint density at radius 2 is 1.67 bits per heavy atom. The Morgan fingerprint density at radius 3 is 2.24 bits per heavy atom. The zero-order valence-corrected chi connectivity index (χ0v) is 13.9. The Hall–Kier alpha value is -1.33. The molecule has 0 aromatic carbocycles. The van der Waals surface area contributed by atoms with Gasteiger partial charge in [-0.15, -0.1) is 0 Å². The number of nitrogens with zero attached hydrogens (tertiary/aromatic N) is 2. The van der Waals surface area contributed by atoms with Crippen molar-refractivity contribution in [1.82, 2.24) is 9.55 Å². The molecule has 0 aliphatic carbocycles. The highest BCUT2D eigenvalue weighted by molar-refractivity contribution is 6.62. The zero-order valence-electron chi connectivity index (χ0n) is 13.9. The van der Waals surface area contributed by atoms with Crippen molar-refractivity contribution in [3.05, 3.63) is 23.5 Å². The first-order valence-corrected chi connectivity index (χ1v) is 7.41. The third-order valence-corrected chi connectivity index (χ3v) is 5.18. The van der Waals surface area contributed by atoms with Crippen LogP contribution >= 0.6 is 0 Å². The number of rotatable bonds is 1. The van der Waals surface area contributed by atoms with Gasteiger partial charge >= 0.3 is 7.12 Å². The second-order valence-electron chi connectivity index (χ2n) is 6.99. The molecule has 0 unspecified atom stereocenters. The normalized spacial score (nSPS) is 20.4. The van der Waals surface area contributed by atoms with Crippen molar-refractivity contribution in [1.29, 1.82) is 0 Å². The van der Waals surface area contributed by atoms with Crippen LogP contribution in [0.2, 0.25) is 0 Å². The lowest BCUT2D eigenvalue weighted by Gasteiger charge is -2.32. The van der Waals surface area contributed by atoms with Crippen LogP contribution in [0, 0.1) is 13.8 Å². The van der Waals surface area contributed by atoms with Gasteiger partial charge in [-0.25, -0.2) is 0 Å². The molecule has 0 bridgehead atoms. The molecule has 1 aliphatic rings. The van der Waals surface area contributed by atoms with Crippen molar-refractivity contribution in [3.63, 3.8) is 0 Å². The average Bonchev–Trinajstić information content (AvgIpc) is 2.75. The van der Waals surface area contributed by atoms with Gasteiger partial charge in [-0.3, -0.25) is 4.98 Å². The topological polar surface area (TPSA) is 36.3 Å². The van der Waals surface area contributed by atoms with Gasteiger partial charge < -0.3 is 13.9 Å². The first-order valence-electron chi connectivity index (χ1n) is 7.41. The molecule has 3 heterocycles. The molecule has 2 aromatic heterocycles. The van der Waals surface area contributed by atoms with E-state index in [0.29, 0.717) is 0 Å². The molecule has 0 amide bonds. The first-order chi connectivity index (χ1) is 9.64. The number of hydrogen-bond acceptors (Lipinski definition) is 3. The molecular weight excluding hydrogens is 263 g/mol. The molecule has 0 spiro atoms. The molecule has 1 saturated heterocycles. The summed E-state index contributed by atoms with van der Waals surface area (Å²) in [4.78, 5) is 4.62. The summed E-state index contributed by atoms with van der Waals surface area (Å²) in [7, 11) is 1.71. The molecule has 0 N–H and O–H groups in total. The molecule has 21 heavy (non-hydrogen) atoms. The van der Waals surface area contributed by atoms with Crippen molar-refractivity contribution in [2.24, 2.45) is 7.05 Å². The maximum atomic E-state index is 6.10. The fourth-order valence-electron chi connectivity index (χ4n) is 2.72. The van der Waals surface area contributed by atoms with Gasteiger partial charge in [0.15, 0.2) is 0 Å². The summed E-state index contributed by atoms with van der Waals surface area (Å²) in [5.41, 5.74) is 4.96. The van der Waals surface area contributed by atoms with Gasteiger partial charge in [-0.1, -0.05) is 0 Å². The molecule has 2 aromatic rings. The second kappa shape index (κ2) is 4.34. The monoisotopic (exact) mass is 286 g/mol. The molecule has 5 heteroatoms. The summed E-state index contributed by atoms with van der Waals surface area (Å²) in [6.45, 7) is 12.5. The number of hydrogen-bond donors (Lipinski definition) is 0. The summed E-state index contributed by atoms with van der Waals surface area (Å²) in [5, 5.41) is 0. The van der Waals surface area contributed by atoms with Gasteiger partial charge in [0.2, 0.25) is 0 Å².